The number of carbonyl (C=O) groups is 2. The fraction of sp³-hybridized carbons (Fsp3) is 0.364. The molecule has 0 bridgehead atoms. The molecule has 28 heavy (non-hydrogen) atoms. The second kappa shape index (κ2) is 8.87. The van der Waals surface area contributed by atoms with Gasteiger partial charge in [-0.15, -0.1) is 0 Å². The summed E-state index contributed by atoms with van der Waals surface area (Å²) in [5, 5.41) is 5.79. The monoisotopic (exact) mass is 383 g/mol. The molecule has 1 fully saturated rings. The minimum absolute atomic E-state index is 0.147. The second-order valence-electron chi connectivity index (χ2n) is 7.21. The van der Waals surface area contributed by atoms with Gasteiger partial charge in [-0.05, 0) is 62.1 Å². The first-order valence-corrected chi connectivity index (χ1v) is 9.67. The predicted molar refractivity (Wildman–Crippen MR) is 109 cm³/mol. The SMILES string of the molecule is CC(=O)Nc1ccc(C(=O)N[C@H](C)c2ccc(F)cc2)c(N2CCCCC2)c1. The fourth-order valence-corrected chi connectivity index (χ4v) is 3.51. The molecule has 1 aliphatic heterocycles. The van der Waals surface area contributed by atoms with Crippen molar-refractivity contribution in [2.45, 2.75) is 39.2 Å². The molecule has 0 saturated carbocycles. The first kappa shape index (κ1) is 19.9. The van der Waals surface area contributed by atoms with Crippen LogP contribution in [0.25, 0.3) is 0 Å². The fourth-order valence-electron chi connectivity index (χ4n) is 3.51. The zero-order valence-corrected chi connectivity index (χ0v) is 16.3. The number of anilines is 2. The third-order valence-electron chi connectivity index (χ3n) is 4.98. The third kappa shape index (κ3) is 4.88. The van der Waals surface area contributed by atoms with Crippen molar-refractivity contribution < 1.29 is 14.0 Å². The summed E-state index contributed by atoms with van der Waals surface area (Å²) in [5.74, 6) is -0.637. The van der Waals surface area contributed by atoms with Crippen LogP contribution in [0.3, 0.4) is 0 Å². The van der Waals surface area contributed by atoms with Crippen LogP contribution in [0.15, 0.2) is 42.5 Å². The molecule has 0 spiro atoms. The van der Waals surface area contributed by atoms with E-state index in [1.807, 2.05) is 13.0 Å². The summed E-state index contributed by atoms with van der Waals surface area (Å²) in [4.78, 5) is 26.6. The average molecular weight is 383 g/mol. The molecule has 3 rings (SSSR count). The molecule has 148 valence electrons. The molecule has 0 unspecified atom stereocenters. The molecule has 2 amide bonds. The Morgan fingerprint density at radius 2 is 1.71 bits per heavy atom. The van der Waals surface area contributed by atoms with Crippen molar-refractivity contribution >= 4 is 23.2 Å². The lowest BCUT2D eigenvalue weighted by Gasteiger charge is -2.31. The standard InChI is InChI=1S/C22H26FN3O2/c1-15(17-6-8-18(23)9-7-17)24-22(28)20-11-10-19(25-16(2)27)14-21(20)26-12-4-3-5-13-26/h6-11,14-15H,3-5,12-13H2,1-2H3,(H,24,28)(H,25,27)/t15-/m1/s1. The summed E-state index contributed by atoms with van der Waals surface area (Å²) >= 11 is 0. The smallest absolute Gasteiger partial charge is 0.253 e. The summed E-state index contributed by atoms with van der Waals surface area (Å²) in [6.45, 7) is 5.11. The Bertz CT molecular complexity index is 845. The van der Waals surface area contributed by atoms with Gasteiger partial charge >= 0.3 is 0 Å². The summed E-state index contributed by atoms with van der Waals surface area (Å²) in [5.41, 5.74) is 2.92. The molecule has 5 nitrogen and oxygen atoms in total. The first-order valence-electron chi connectivity index (χ1n) is 9.67. The van der Waals surface area contributed by atoms with Crippen molar-refractivity contribution in [1.29, 1.82) is 0 Å². The Kier molecular flexibility index (Phi) is 6.29. The number of halogens is 1. The molecule has 2 aromatic rings. The Morgan fingerprint density at radius 3 is 2.36 bits per heavy atom. The lowest BCUT2D eigenvalue weighted by Crippen LogP contribution is -2.33. The number of nitrogens with one attached hydrogen (secondary N) is 2. The van der Waals surface area contributed by atoms with E-state index in [2.05, 4.69) is 15.5 Å². The molecule has 0 aromatic heterocycles. The van der Waals surface area contributed by atoms with E-state index < -0.39 is 0 Å². The highest BCUT2D eigenvalue weighted by Crippen LogP contribution is 2.28. The van der Waals surface area contributed by atoms with Gasteiger partial charge in [0.25, 0.3) is 5.91 Å². The van der Waals surface area contributed by atoms with Gasteiger partial charge in [-0.1, -0.05) is 12.1 Å². The van der Waals surface area contributed by atoms with Crippen LogP contribution >= 0.6 is 0 Å². The number of hydrogen-bond donors (Lipinski definition) is 2. The lowest BCUT2D eigenvalue weighted by atomic mass is 10.0. The Hall–Kier alpha value is -2.89. The highest BCUT2D eigenvalue weighted by atomic mass is 19.1. The van der Waals surface area contributed by atoms with Crippen molar-refractivity contribution in [3.8, 4) is 0 Å². The normalized spacial score (nSPS) is 15.0. The zero-order chi connectivity index (χ0) is 20.1. The lowest BCUT2D eigenvalue weighted by molar-refractivity contribution is -0.114. The summed E-state index contributed by atoms with van der Waals surface area (Å²) in [6.07, 6.45) is 3.35. The quantitative estimate of drug-likeness (QED) is 0.811. The second-order valence-corrected chi connectivity index (χ2v) is 7.21. The van der Waals surface area contributed by atoms with Crippen LogP contribution in [0, 0.1) is 5.82 Å². The molecule has 0 aliphatic carbocycles. The van der Waals surface area contributed by atoms with Crippen molar-refractivity contribution in [1.82, 2.24) is 5.32 Å². The average Bonchev–Trinajstić information content (AvgIpc) is 2.68. The van der Waals surface area contributed by atoms with Gasteiger partial charge in [-0.25, -0.2) is 4.39 Å². The summed E-state index contributed by atoms with van der Waals surface area (Å²) in [6, 6.07) is 11.2. The number of hydrogen-bond acceptors (Lipinski definition) is 3. The number of amides is 2. The van der Waals surface area contributed by atoms with E-state index >= 15 is 0 Å². The van der Waals surface area contributed by atoms with Crippen LogP contribution in [0.4, 0.5) is 15.8 Å². The van der Waals surface area contributed by atoms with Gasteiger partial charge in [0.05, 0.1) is 17.3 Å². The maximum absolute atomic E-state index is 13.1. The number of piperidine rings is 1. The molecule has 2 N–H and O–H groups in total. The molecule has 0 radical (unpaired) electrons. The minimum Gasteiger partial charge on any atom is -0.371 e. The predicted octanol–water partition coefficient (Wildman–Crippen LogP) is 4.27. The molecule has 1 saturated heterocycles. The Balaban J connectivity index is 1.84. The summed E-state index contributed by atoms with van der Waals surface area (Å²) in [7, 11) is 0. The number of benzene rings is 2. The minimum atomic E-state index is -0.303. The van der Waals surface area contributed by atoms with Gasteiger partial charge in [0.1, 0.15) is 5.82 Å². The molecule has 2 aromatic carbocycles. The van der Waals surface area contributed by atoms with Crippen LogP contribution in [0.1, 0.15) is 55.1 Å². The van der Waals surface area contributed by atoms with Crippen molar-refractivity contribution in [2.75, 3.05) is 23.3 Å². The van der Waals surface area contributed by atoms with Crippen molar-refractivity contribution in [3.63, 3.8) is 0 Å². The van der Waals surface area contributed by atoms with Crippen molar-refractivity contribution in [3.05, 3.63) is 59.4 Å². The van der Waals surface area contributed by atoms with Crippen molar-refractivity contribution in [2.24, 2.45) is 0 Å². The van der Waals surface area contributed by atoms with Crippen LogP contribution in [-0.4, -0.2) is 24.9 Å². The maximum atomic E-state index is 13.1. The van der Waals surface area contributed by atoms with E-state index in [1.54, 1.807) is 24.3 Å². The van der Waals surface area contributed by atoms with Gasteiger partial charge in [0.2, 0.25) is 5.91 Å². The van der Waals surface area contributed by atoms with Crippen LogP contribution < -0.4 is 15.5 Å². The molecule has 1 aliphatic rings. The van der Waals surface area contributed by atoms with Crippen LogP contribution in [-0.2, 0) is 4.79 Å². The largest absolute Gasteiger partial charge is 0.371 e. The van der Waals surface area contributed by atoms with E-state index in [9.17, 15) is 14.0 Å². The Labute approximate surface area is 164 Å². The van der Waals surface area contributed by atoms with Gasteiger partial charge in [0.15, 0.2) is 0 Å². The Morgan fingerprint density at radius 1 is 1.04 bits per heavy atom. The number of carbonyl (C=O) groups excluding carboxylic acids is 2. The zero-order valence-electron chi connectivity index (χ0n) is 16.3. The molecule has 1 atom stereocenters. The van der Waals surface area contributed by atoms with Crippen LogP contribution in [0.5, 0.6) is 0 Å². The van der Waals surface area contributed by atoms with E-state index in [0.29, 0.717) is 11.3 Å². The van der Waals surface area contributed by atoms with Gasteiger partial charge < -0.3 is 15.5 Å². The van der Waals surface area contributed by atoms with E-state index in [1.165, 1.54) is 25.5 Å². The number of nitrogens with zero attached hydrogens (tertiary/aromatic N) is 1. The topological polar surface area (TPSA) is 61.4 Å². The maximum Gasteiger partial charge on any atom is 0.253 e. The first-order chi connectivity index (χ1) is 13.4. The molecular formula is C22H26FN3O2. The van der Waals surface area contributed by atoms with Gasteiger partial charge in [-0.2, -0.15) is 0 Å². The molecule has 6 heteroatoms. The molecule has 1 heterocycles. The van der Waals surface area contributed by atoms with Crippen LogP contribution in [0.2, 0.25) is 0 Å². The highest BCUT2D eigenvalue weighted by molar-refractivity contribution is 6.01. The molecular weight excluding hydrogens is 357 g/mol. The number of rotatable bonds is 5. The van der Waals surface area contributed by atoms with Gasteiger partial charge in [-0.3, -0.25) is 9.59 Å². The third-order valence-corrected chi connectivity index (χ3v) is 4.98. The summed E-state index contributed by atoms with van der Waals surface area (Å²) < 4.78 is 13.1. The van der Waals surface area contributed by atoms with Gasteiger partial charge in [0, 0.05) is 25.7 Å². The highest BCUT2D eigenvalue weighted by Gasteiger charge is 2.21. The van der Waals surface area contributed by atoms with E-state index in [4.69, 9.17) is 0 Å². The van der Waals surface area contributed by atoms with E-state index in [-0.39, 0.29) is 23.7 Å². The van der Waals surface area contributed by atoms with E-state index in [0.717, 1.165) is 37.2 Å².